The third kappa shape index (κ3) is 5.39. The smallest absolute Gasteiger partial charge is 0.416 e. The van der Waals surface area contributed by atoms with E-state index in [1.165, 1.54) is 12.7 Å². The summed E-state index contributed by atoms with van der Waals surface area (Å²) in [6.45, 7) is 2.07. The second-order valence-corrected chi connectivity index (χ2v) is 8.51. The molecule has 4 rings (SSSR count). The highest BCUT2D eigenvalue weighted by Gasteiger charge is 2.35. The highest BCUT2D eigenvalue weighted by atomic mass is 19.4. The van der Waals surface area contributed by atoms with Gasteiger partial charge in [0.15, 0.2) is 0 Å². The first-order valence-corrected chi connectivity index (χ1v) is 11.1. The monoisotopic (exact) mass is 474 g/mol. The Morgan fingerprint density at radius 3 is 2.44 bits per heavy atom. The molecule has 1 aromatic heterocycles. The Hall–Kier alpha value is -2.97. The number of benzene rings is 2. The molecule has 0 saturated carbocycles. The van der Waals surface area contributed by atoms with Crippen LogP contribution in [0.5, 0.6) is 5.75 Å². The summed E-state index contributed by atoms with van der Waals surface area (Å²) in [7, 11) is 1.36. The summed E-state index contributed by atoms with van der Waals surface area (Å²) < 4.78 is 66.0. The lowest BCUT2D eigenvalue weighted by molar-refractivity contribution is -0.137. The van der Waals surface area contributed by atoms with Crippen LogP contribution < -0.4 is 10.1 Å². The van der Waals surface area contributed by atoms with E-state index in [1.807, 2.05) is 18.2 Å². The third-order valence-electron chi connectivity index (χ3n) is 6.28. The van der Waals surface area contributed by atoms with Crippen molar-refractivity contribution in [3.05, 3.63) is 83.4 Å². The Morgan fingerprint density at radius 1 is 1.03 bits per heavy atom. The summed E-state index contributed by atoms with van der Waals surface area (Å²) in [5.41, 5.74) is 0.865. The Bertz CT molecular complexity index is 1110. The van der Waals surface area contributed by atoms with Crippen LogP contribution in [-0.4, -0.2) is 31.8 Å². The molecule has 2 heterocycles. The normalized spacial score (nSPS) is 15.8. The minimum atomic E-state index is -4.57. The van der Waals surface area contributed by atoms with Crippen molar-refractivity contribution in [1.82, 2.24) is 10.3 Å². The minimum Gasteiger partial charge on any atom is -0.494 e. The molecule has 0 amide bonds. The molecule has 180 valence electrons. The molecule has 1 aliphatic rings. The highest BCUT2D eigenvalue weighted by Crippen LogP contribution is 2.37. The quantitative estimate of drug-likeness (QED) is 0.350. The standard InChI is InChI=1S/C26H26F4N2O2/c1-33-23-15-32-24(27)14-22(23)19-11-18(12-21(13-19)26(28,29)30)16-34-17-25(7-9-31-10-8-25)20-5-3-2-4-6-20/h2-6,11-15,31H,7-10,16-17H2,1H3. The summed E-state index contributed by atoms with van der Waals surface area (Å²) in [4.78, 5) is 3.52. The number of hydrogen-bond acceptors (Lipinski definition) is 4. The molecule has 2 aromatic carbocycles. The number of methoxy groups -OCH3 is 1. The van der Waals surface area contributed by atoms with Gasteiger partial charge >= 0.3 is 6.18 Å². The molecule has 1 aliphatic heterocycles. The summed E-state index contributed by atoms with van der Waals surface area (Å²) in [5, 5.41) is 3.35. The van der Waals surface area contributed by atoms with E-state index < -0.39 is 17.7 Å². The maximum atomic E-state index is 13.8. The zero-order valence-corrected chi connectivity index (χ0v) is 18.8. The molecule has 4 nitrogen and oxygen atoms in total. The van der Waals surface area contributed by atoms with Crippen molar-refractivity contribution in [3.63, 3.8) is 0 Å². The lowest BCUT2D eigenvalue weighted by Gasteiger charge is -2.38. The van der Waals surface area contributed by atoms with E-state index in [2.05, 4.69) is 22.4 Å². The molecule has 0 radical (unpaired) electrons. The fourth-order valence-corrected chi connectivity index (χ4v) is 4.48. The van der Waals surface area contributed by atoms with Gasteiger partial charge in [-0.3, -0.25) is 0 Å². The fraction of sp³-hybridized carbons (Fsp3) is 0.346. The van der Waals surface area contributed by atoms with Gasteiger partial charge in [-0.05, 0) is 60.8 Å². The van der Waals surface area contributed by atoms with E-state index in [-0.39, 0.29) is 28.9 Å². The number of hydrogen-bond donors (Lipinski definition) is 1. The van der Waals surface area contributed by atoms with Crippen molar-refractivity contribution in [2.75, 3.05) is 26.8 Å². The Labute approximate surface area is 195 Å². The van der Waals surface area contributed by atoms with E-state index in [0.717, 1.165) is 50.3 Å². The first-order valence-electron chi connectivity index (χ1n) is 11.1. The molecule has 0 spiro atoms. The van der Waals surface area contributed by atoms with Crippen molar-refractivity contribution in [1.29, 1.82) is 0 Å². The van der Waals surface area contributed by atoms with E-state index >= 15 is 0 Å². The van der Waals surface area contributed by atoms with Gasteiger partial charge in [0.2, 0.25) is 5.95 Å². The Balaban J connectivity index is 1.62. The average molecular weight is 474 g/mol. The maximum Gasteiger partial charge on any atom is 0.416 e. The van der Waals surface area contributed by atoms with E-state index in [4.69, 9.17) is 9.47 Å². The molecule has 34 heavy (non-hydrogen) atoms. The molecule has 0 unspecified atom stereocenters. The van der Waals surface area contributed by atoms with Gasteiger partial charge in [-0.2, -0.15) is 17.6 Å². The van der Waals surface area contributed by atoms with Crippen LogP contribution in [0.4, 0.5) is 17.6 Å². The lowest BCUT2D eigenvalue weighted by Crippen LogP contribution is -2.43. The van der Waals surface area contributed by atoms with Gasteiger partial charge in [-0.15, -0.1) is 0 Å². The fourth-order valence-electron chi connectivity index (χ4n) is 4.48. The number of nitrogens with zero attached hydrogens (tertiary/aromatic N) is 1. The van der Waals surface area contributed by atoms with Crippen molar-refractivity contribution in [3.8, 4) is 16.9 Å². The number of aromatic nitrogens is 1. The van der Waals surface area contributed by atoms with Crippen LogP contribution in [0.25, 0.3) is 11.1 Å². The van der Waals surface area contributed by atoms with Crippen LogP contribution in [0.2, 0.25) is 0 Å². The van der Waals surface area contributed by atoms with Gasteiger partial charge in [0.25, 0.3) is 0 Å². The van der Waals surface area contributed by atoms with Crippen LogP contribution in [-0.2, 0) is 22.9 Å². The highest BCUT2D eigenvalue weighted by molar-refractivity contribution is 5.71. The number of pyridine rings is 1. The van der Waals surface area contributed by atoms with Gasteiger partial charge in [-0.1, -0.05) is 30.3 Å². The van der Waals surface area contributed by atoms with E-state index in [0.29, 0.717) is 12.2 Å². The van der Waals surface area contributed by atoms with Crippen molar-refractivity contribution in [2.45, 2.75) is 31.0 Å². The van der Waals surface area contributed by atoms with Gasteiger partial charge in [0, 0.05) is 17.0 Å². The van der Waals surface area contributed by atoms with Crippen LogP contribution >= 0.6 is 0 Å². The summed E-state index contributed by atoms with van der Waals surface area (Å²) in [5.74, 6) is -0.618. The third-order valence-corrected chi connectivity index (χ3v) is 6.28. The molecule has 0 bridgehead atoms. The number of nitrogens with one attached hydrogen (secondary N) is 1. The number of piperidine rings is 1. The molecule has 3 aromatic rings. The van der Waals surface area contributed by atoms with Gasteiger partial charge in [0.1, 0.15) is 5.75 Å². The Kier molecular flexibility index (Phi) is 7.19. The van der Waals surface area contributed by atoms with Crippen LogP contribution in [0.1, 0.15) is 29.5 Å². The van der Waals surface area contributed by atoms with Gasteiger partial charge in [-0.25, -0.2) is 4.98 Å². The molecule has 0 atom stereocenters. The predicted molar refractivity (Wildman–Crippen MR) is 121 cm³/mol. The topological polar surface area (TPSA) is 43.4 Å². The van der Waals surface area contributed by atoms with Crippen molar-refractivity contribution in [2.24, 2.45) is 0 Å². The van der Waals surface area contributed by atoms with Crippen LogP contribution in [0, 0.1) is 5.95 Å². The molecule has 1 fully saturated rings. The first-order chi connectivity index (χ1) is 16.3. The Morgan fingerprint density at radius 2 is 1.76 bits per heavy atom. The summed E-state index contributed by atoms with van der Waals surface area (Å²) in [6.07, 6.45) is -1.66. The number of halogens is 4. The number of alkyl halides is 3. The van der Waals surface area contributed by atoms with Crippen molar-refractivity contribution >= 4 is 0 Å². The predicted octanol–water partition coefficient (Wildman–Crippen LogP) is 5.75. The number of ether oxygens (including phenoxy) is 2. The molecular weight excluding hydrogens is 448 g/mol. The lowest BCUT2D eigenvalue weighted by atomic mass is 9.74. The molecule has 1 N–H and O–H groups in total. The average Bonchev–Trinajstić information content (AvgIpc) is 2.84. The first kappa shape index (κ1) is 24.2. The van der Waals surface area contributed by atoms with Gasteiger partial charge in [0.05, 0.1) is 32.1 Å². The zero-order chi connectivity index (χ0) is 24.2. The largest absolute Gasteiger partial charge is 0.494 e. The summed E-state index contributed by atoms with van der Waals surface area (Å²) >= 11 is 0. The minimum absolute atomic E-state index is 0.00515. The molecule has 1 saturated heterocycles. The second kappa shape index (κ2) is 10.1. The second-order valence-electron chi connectivity index (χ2n) is 8.51. The molecule has 0 aliphatic carbocycles. The van der Waals surface area contributed by atoms with E-state index in [1.54, 1.807) is 6.07 Å². The zero-order valence-electron chi connectivity index (χ0n) is 18.8. The number of rotatable bonds is 7. The van der Waals surface area contributed by atoms with Crippen LogP contribution in [0.15, 0.2) is 60.8 Å². The SMILES string of the molecule is COc1cnc(F)cc1-c1cc(COCC2(c3ccccc3)CCNCC2)cc(C(F)(F)F)c1. The molecular formula is C26H26F4N2O2. The van der Waals surface area contributed by atoms with E-state index in [9.17, 15) is 17.6 Å². The van der Waals surface area contributed by atoms with Gasteiger partial charge < -0.3 is 14.8 Å². The summed E-state index contributed by atoms with van der Waals surface area (Å²) in [6, 6.07) is 14.8. The van der Waals surface area contributed by atoms with Crippen LogP contribution in [0.3, 0.4) is 0 Å². The maximum absolute atomic E-state index is 13.8. The molecule has 8 heteroatoms. The van der Waals surface area contributed by atoms with Crippen molar-refractivity contribution < 1.29 is 27.0 Å².